The molecule has 0 saturated heterocycles. The van der Waals surface area contributed by atoms with Crippen molar-refractivity contribution in [3.8, 4) is 0 Å². The van der Waals surface area contributed by atoms with Crippen LogP contribution < -0.4 is 11.1 Å². The van der Waals surface area contributed by atoms with Gasteiger partial charge >= 0.3 is 0 Å². The Bertz CT molecular complexity index is 527. The predicted octanol–water partition coefficient (Wildman–Crippen LogP) is 4.39. The van der Waals surface area contributed by atoms with Crippen LogP contribution >= 0.6 is 15.9 Å². The van der Waals surface area contributed by atoms with E-state index in [1.54, 1.807) is 0 Å². The Morgan fingerprint density at radius 1 is 1.06 bits per heavy atom. The van der Waals surface area contributed by atoms with E-state index in [4.69, 9.17) is 5.73 Å². The summed E-state index contributed by atoms with van der Waals surface area (Å²) in [5.41, 5.74) is 11.1. The summed E-state index contributed by atoms with van der Waals surface area (Å²) in [6.45, 7) is 4.17. The second-order valence-electron chi connectivity index (χ2n) is 4.13. The lowest BCUT2D eigenvalue weighted by Gasteiger charge is -2.14. The fourth-order valence-corrected chi connectivity index (χ4v) is 2.54. The minimum absolute atomic E-state index is 0.759. The van der Waals surface area contributed by atoms with E-state index in [1.807, 2.05) is 24.3 Å². The molecule has 0 bridgehead atoms. The zero-order valence-corrected chi connectivity index (χ0v) is 11.5. The van der Waals surface area contributed by atoms with Crippen LogP contribution in [0.3, 0.4) is 0 Å². The molecule has 0 amide bonds. The average molecular weight is 291 g/mol. The Balaban J connectivity index is 2.40. The van der Waals surface area contributed by atoms with Crippen LogP contribution in [-0.2, 0) is 0 Å². The van der Waals surface area contributed by atoms with E-state index >= 15 is 0 Å². The van der Waals surface area contributed by atoms with Crippen molar-refractivity contribution in [2.75, 3.05) is 11.1 Å². The molecule has 0 spiro atoms. The van der Waals surface area contributed by atoms with Gasteiger partial charge in [-0.25, -0.2) is 0 Å². The van der Waals surface area contributed by atoms with Crippen molar-refractivity contribution in [3.05, 3.63) is 52.0 Å². The third-order valence-corrected chi connectivity index (χ3v) is 3.18. The monoisotopic (exact) mass is 290 g/mol. The van der Waals surface area contributed by atoms with Gasteiger partial charge in [-0.05, 0) is 49.2 Å². The molecule has 0 aromatic heterocycles. The lowest BCUT2D eigenvalue weighted by molar-refractivity contribution is 1.34. The zero-order chi connectivity index (χ0) is 12.4. The van der Waals surface area contributed by atoms with Crippen molar-refractivity contribution in [2.45, 2.75) is 13.8 Å². The highest BCUT2D eigenvalue weighted by Crippen LogP contribution is 2.30. The number of aryl methyl sites for hydroxylation is 2. The summed E-state index contributed by atoms with van der Waals surface area (Å²) in [4.78, 5) is 0. The summed E-state index contributed by atoms with van der Waals surface area (Å²) in [5, 5.41) is 3.39. The molecule has 0 saturated carbocycles. The van der Waals surface area contributed by atoms with Crippen molar-refractivity contribution < 1.29 is 0 Å². The van der Waals surface area contributed by atoms with Gasteiger partial charge in [0.2, 0.25) is 0 Å². The number of anilines is 3. The van der Waals surface area contributed by atoms with Crippen LogP contribution in [0.25, 0.3) is 0 Å². The summed E-state index contributed by atoms with van der Waals surface area (Å²) >= 11 is 3.49. The first-order valence-electron chi connectivity index (χ1n) is 5.46. The highest BCUT2D eigenvalue weighted by molar-refractivity contribution is 9.10. The van der Waals surface area contributed by atoms with Crippen LogP contribution in [-0.4, -0.2) is 0 Å². The molecule has 0 aliphatic carbocycles. The maximum Gasteiger partial charge on any atom is 0.0618 e. The summed E-state index contributed by atoms with van der Waals surface area (Å²) in [6.07, 6.45) is 0. The zero-order valence-electron chi connectivity index (χ0n) is 9.92. The van der Waals surface area contributed by atoms with Gasteiger partial charge in [0.1, 0.15) is 0 Å². The van der Waals surface area contributed by atoms with Crippen LogP contribution in [0, 0.1) is 13.8 Å². The smallest absolute Gasteiger partial charge is 0.0618 e. The first-order chi connectivity index (χ1) is 8.08. The van der Waals surface area contributed by atoms with Gasteiger partial charge in [0.15, 0.2) is 0 Å². The van der Waals surface area contributed by atoms with E-state index in [2.05, 4.69) is 47.2 Å². The molecule has 88 valence electrons. The van der Waals surface area contributed by atoms with Crippen molar-refractivity contribution in [1.29, 1.82) is 0 Å². The van der Waals surface area contributed by atoms with Crippen LogP contribution in [0.1, 0.15) is 11.1 Å². The number of halogens is 1. The Hall–Kier alpha value is -1.48. The third-order valence-electron chi connectivity index (χ3n) is 2.72. The minimum Gasteiger partial charge on any atom is -0.397 e. The summed E-state index contributed by atoms with van der Waals surface area (Å²) in [6, 6.07) is 12.0. The van der Waals surface area contributed by atoms with E-state index in [0.29, 0.717) is 0 Å². The highest BCUT2D eigenvalue weighted by Gasteiger charge is 2.05. The lowest BCUT2D eigenvalue weighted by atomic mass is 10.1. The van der Waals surface area contributed by atoms with E-state index < -0.39 is 0 Å². The number of nitrogen functional groups attached to an aromatic ring is 1. The van der Waals surface area contributed by atoms with Crippen LogP contribution in [0.15, 0.2) is 40.9 Å². The van der Waals surface area contributed by atoms with Crippen LogP contribution in [0.5, 0.6) is 0 Å². The SMILES string of the molecule is Cc1cc(Br)cc(C)c1Nc1ccccc1N. The second kappa shape index (κ2) is 4.80. The van der Waals surface area contributed by atoms with E-state index in [0.717, 1.165) is 21.5 Å². The molecule has 3 heteroatoms. The lowest BCUT2D eigenvalue weighted by Crippen LogP contribution is -1.99. The topological polar surface area (TPSA) is 38.0 Å². The predicted molar refractivity (Wildman–Crippen MR) is 77.8 cm³/mol. The molecule has 0 unspecified atom stereocenters. The normalized spacial score (nSPS) is 10.3. The molecule has 0 fully saturated rings. The molecule has 0 aliphatic rings. The molecular weight excluding hydrogens is 276 g/mol. The summed E-state index contributed by atoms with van der Waals surface area (Å²) in [7, 11) is 0. The van der Waals surface area contributed by atoms with Crippen molar-refractivity contribution in [1.82, 2.24) is 0 Å². The van der Waals surface area contributed by atoms with Gasteiger partial charge in [-0.1, -0.05) is 28.1 Å². The summed E-state index contributed by atoms with van der Waals surface area (Å²) < 4.78 is 1.10. The number of hydrogen-bond acceptors (Lipinski definition) is 2. The quantitative estimate of drug-likeness (QED) is 0.805. The Morgan fingerprint density at radius 3 is 2.24 bits per heavy atom. The van der Waals surface area contributed by atoms with Crippen molar-refractivity contribution in [3.63, 3.8) is 0 Å². The third kappa shape index (κ3) is 2.61. The molecule has 2 nitrogen and oxygen atoms in total. The molecule has 0 radical (unpaired) electrons. The number of nitrogens with two attached hydrogens (primary N) is 1. The molecule has 0 heterocycles. The molecular formula is C14H15BrN2. The molecule has 17 heavy (non-hydrogen) atoms. The minimum atomic E-state index is 0.759. The first kappa shape index (κ1) is 12.0. The van der Waals surface area contributed by atoms with Crippen LogP contribution in [0.2, 0.25) is 0 Å². The van der Waals surface area contributed by atoms with Gasteiger partial charge < -0.3 is 11.1 Å². The Morgan fingerprint density at radius 2 is 1.65 bits per heavy atom. The Labute approximate surface area is 110 Å². The maximum atomic E-state index is 5.93. The van der Waals surface area contributed by atoms with Gasteiger partial charge in [0.05, 0.1) is 11.4 Å². The largest absolute Gasteiger partial charge is 0.397 e. The van der Waals surface area contributed by atoms with Gasteiger partial charge in [0, 0.05) is 10.2 Å². The molecule has 0 aliphatic heterocycles. The highest BCUT2D eigenvalue weighted by atomic mass is 79.9. The number of benzene rings is 2. The van der Waals surface area contributed by atoms with E-state index in [-0.39, 0.29) is 0 Å². The van der Waals surface area contributed by atoms with Gasteiger partial charge in [-0.15, -0.1) is 0 Å². The first-order valence-corrected chi connectivity index (χ1v) is 6.25. The number of nitrogens with one attached hydrogen (secondary N) is 1. The fourth-order valence-electron chi connectivity index (χ4n) is 1.85. The van der Waals surface area contributed by atoms with Gasteiger partial charge in [-0.3, -0.25) is 0 Å². The Kier molecular flexibility index (Phi) is 3.38. The van der Waals surface area contributed by atoms with Gasteiger partial charge in [-0.2, -0.15) is 0 Å². The molecule has 0 atom stereocenters. The fraction of sp³-hybridized carbons (Fsp3) is 0.143. The van der Waals surface area contributed by atoms with Crippen molar-refractivity contribution >= 4 is 33.0 Å². The number of rotatable bonds is 2. The number of hydrogen-bond donors (Lipinski definition) is 2. The summed E-state index contributed by atoms with van der Waals surface area (Å²) in [5.74, 6) is 0. The molecule has 2 aromatic carbocycles. The van der Waals surface area contributed by atoms with E-state index in [1.165, 1.54) is 11.1 Å². The average Bonchev–Trinajstić information content (AvgIpc) is 2.25. The van der Waals surface area contributed by atoms with Gasteiger partial charge in [0.25, 0.3) is 0 Å². The second-order valence-corrected chi connectivity index (χ2v) is 5.04. The van der Waals surface area contributed by atoms with Crippen molar-refractivity contribution in [2.24, 2.45) is 0 Å². The van der Waals surface area contributed by atoms with E-state index in [9.17, 15) is 0 Å². The van der Waals surface area contributed by atoms with Crippen LogP contribution in [0.4, 0.5) is 17.1 Å². The number of para-hydroxylation sites is 2. The standard InChI is InChI=1S/C14H15BrN2/c1-9-7-11(15)8-10(2)14(9)17-13-6-4-3-5-12(13)16/h3-8,17H,16H2,1-2H3. The molecule has 3 N–H and O–H groups in total. The molecule has 2 rings (SSSR count). The maximum absolute atomic E-state index is 5.93. The molecule has 2 aromatic rings.